The highest BCUT2D eigenvalue weighted by molar-refractivity contribution is 7.26. The van der Waals surface area contributed by atoms with Crippen molar-refractivity contribution in [2.24, 2.45) is 0 Å². The number of nitrogens with zero attached hydrogens (tertiary/aromatic N) is 2. The molecular weight excluding hydrogens is 756 g/mol. The minimum atomic E-state index is 0.0140. The third-order valence-electron chi connectivity index (χ3n) is 13.4. The van der Waals surface area contributed by atoms with Crippen LogP contribution in [0, 0.1) is 34.6 Å². The first-order valence-electron chi connectivity index (χ1n) is 21.9. The summed E-state index contributed by atoms with van der Waals surface area (Å²) in [7, 11) is 0. The van der Waals surface area contributed by atoms with Gasteiger partial charge < -0.3 is 9.80 Å². The molecule has 0 aliphatic carbocycles. The maximum atomic E-state index is 2.59. The molecule has 4 heteroatoms. The molecule has 0 radical (unpaired) electrons. The molecule has 0 saturated carbocycles. The van der Waals surface area contributed by atoms with Gasteiger partial charge in [0.15, 0.2) is 0 Å². The van der Waals surface area contributed by atoms with E-state index in [1.165, 1.54) is 121 Å². The van der Waals surface area contributed by atoms with E-state index in [1.807, 2.05) is 11.3 Å². The van der Waals surface area contributed by atoms with Crippen LogP contribution < -0.4 is 26.2 Å². The molecule has 0 spiro atoms. The van der Waals surface area contributed by atoms with Gasteiger partial charge in [-0.1, -0.05) is 126 Å². The van der Waals surface area contributed by atoms with Crippen molar-refractivity contribution < 1.29 is 0 Å². The van der Waals surface area contributed by atoms with Gasteiger partial charge in [-0.3, -0.25) is 0 Å². The Balaban J connectivity index is 1.29. The summed E-state index contributed by atoms with van der Waals surface area (Å²) < 4.78 is 1.33. The van der Waals surface area contributed by atoms with E-state index in [1.54, 1.807) is 0 Å². The Morgan fingerprint density at radius 1 is 0.459 bits per heavy atom. The summed E-state index contributed by atoms with van der Waals surface area (Å²) in [6, 6.07) is 51.4. The van der Waals surface area contributed by atoms with Gasteiger partial charge in [-0.15, -0.1) is 11.3 Å². The summed E-state index contributed by atoms with van der Waals surface area (Å²) in [6.45, 7) is 25.2. The smallest absolute Gasteiger partial charge is 0.254 e. The van der Waals surface area contributed by atoms with Crippen LogP contribution in [0.3, 0.4) is 0 Å². The van der Waals surface area contributed by atoms with Gasteiger partial charge >= 0.3 is 0 Å². The van der Waals surface area contributed by atoms with Crippen LogP contribution in [0.2, 0.25) is 0 Å². The average molecular weight is 811 g/mol. The van der Waals surface area contributed by atoms with Crippen molar-refractivity contribution in [3.8, 4) is 22.3 Å². The summed E-state index contributed by atoms with van der Waals surface area (Å²) in [5.41, 5.74) is 24.6. The van der Waals surface area contributed by atoms with Gasteiger partial charge in [0, 0.05) is 33.1 Å². The molecule has 3 heterocycles. The van der Waals surface area contributed by atoms with Crippen LogP contribution in [0.4, 0.5) is 33.4 Å². The summed E-state index contributed by atoms with van der Waals surface area (Å²) in [5, 5.41) is 2.68. The van der Waals surface area contributed by atoms with Crippen LogP contribution in [0.5, 0.6) is 0 Å². The summed E-state index contributed by atoms with van der Waals surface area (Å²) in [6.07, 6.45) is 0. The Morgan fingerprint density at radius 2 is 0.967 bits per heavy atom. The number of thiophene rings is 1. The van der Waals surface area contributed by atoms with E-state index >= 15 is 0 Å². The predicted octanol–water partition coefficient (Wildman–Crippen LogP) is 14.5. The first kappa shape index (κ1) is 39.3. The first-order valence-corrected chi connectivity index (χ1v) is 22.7. The molecule has 0 fully saturated rings. The maximum Gasteiger partial charge on any atom is 0.254 e. The molecule has 1 aromatic heterocycles. The van der Waals surface area contributed by atoms with Gasteiger partial charge in [0.2, 0.25) is 0 Å². The number of aryl methyl sites for hydroxylation is 5. The van der Waals surface area contributed by atoms with Crippen LogP contribution in [-0.4, -0.2) is 6.71 Å². The Morgan fingerprint density at radius 3 is 1.56 bits per heavy atom. The second-order valence-corrected chi connectivity index (χ2v) is 20.8. The molecule has 302 valence electrons. The van der Waals surface area contributed by atoms with Crippen molar-refractivity contribution in [3.63, 3.8) is 0 Å². The monoisotopic (exact) mass is 810 g/mol. The lowest BCUT2D eigenvalue weighted by Gasteiger charge is -2.43. The number of rotatable bonds is 4. The minimum Gasteiger partial charge on any atom is -0.311 e. The molecular formula is C57H55BN2S. The Kier molecular flexibility index (Phi) is 9.09. The highest BCUT2D eigenvalue weighted by Gasteiger charge is 2.45. The molecule has 8 aromatic rings. The van der Waals surface area contributed by atoms with E-state index in [4.69, 9.17) is 0 Å². The average Bonchev–Trinajstić information content (AvgIpc) is 3.59. The highest BCUT2D eigenvalue weighted by Crippen LogP contribution is 2.49. The number of fused-ring (bicyclic) bond motifs is 6. The van der Waals surface area contributed by atoms with Crippen molar-refractivity contribution in [1.82, 2.24) is 0 Å². The number of benzene rings is 7. The summed E-state index contributed by atoms with van der Waals surface area (Å²) >= 11 is 1.94. The van der Waals surface area contributed by atoms with E-state index in [-0.39, 0.29) is 17.5 Å². The SMILES string of the molecule is Cc1cc2c3c(c1)N(c1ccc(C(C)(C)C)cc1)c1sc4ccc(C(C)(C)C)cc4c1B3c1cc(-c3c(C)cccc3C)ccc1N2c1ccc(-c2c(C)cccc2C)cc1. The molecule has 2 aliphatic rings. The standard InChI is InChI=1S/C57H55BN2S/c1-34-30-48-54-49(31-34)60(44-26-21-41(22-27-44)56(6,7)8)55-53(45-33-42(57(9,10)11)23-29-50(45)61-55)58(54)46-32-40(52-37(4)16-13-17-38(52)5)20-28-47(46)59(48)43-24-18-39(19-25-43)51-35(2)14-12-15-36(51)3/h12-33H,1-11H3. The first-order chi connectivity index (χ1) is 29.1. The van der Waals surface area contributed by atoms with Crippen LogP contribution in [0.1, 0.15) is 80.5 Å². The second-order valence-electron chi connectivity index (χ2n) is 19.8. The van der Waals surface area contributed by atoms with E-state index in [9.17, 15) is 0 Å². The topological polar surface area (TPSA) is 6.48 Å². The third-order valence-corrected chi connectivity index (χ3v) is 14.5. The van der Waals surface area contributed by atoms with Gasteiger partial charge in [-0.25, -0.2) is 0 Å². The Bertz CT molecular complexity index is 3010. The van der Waals surface area contributed by atoms with Gasteiger partial charge in [0.25, 0.3) is 6.71 Å². The fourth-order valence-electron chi connectivity index (χ4n) is 10.2. The molecule has 0 amide bonds. The van der Waals surface area contributed by atoms with E-state index in [0.29, 0.717) is 0 Å². The molecule has 7 aromatic carbocycles. The maximum absolute atomic E-state index is 2.59. The molecule has 0 N–H and O–H groups in total. The van der Waals surface area contributed by atoms with Crippen molar-refractivity contribution in [1.29, 1.82) is 0 Å². The zero-order chi connectivity index (χ0) is 42.7. The lowest BCUT2D eigenvalue weighted by molar-refractivity contribution is 0.590. The molecule has 0 atom stereocenters. The second kappa shape index (κ2) is 14.1. The molecule has 0 saturated heterocycles. The highest BCUT2D eigenvalue weighted by atomic mass is 32.1. The van der Waals surface area contributed by atoms with Crippen molar-refractivity contribution in [3.05, 3.63) is 172 Å². The lowest BCUT2D eigenvalue weighted by atomic mass is 9.33. The number of hydrogen-bond donors (Lipinski definition) is 0. The fraction of sp³-hybridized carbons (Fsp3) is 0.228. The molecule has 2 aliphatic heterocycles. The van der Waals surface area contributed by atoms with Crippen LogP contribution in [0.15, 0.2) is 133 Å². The summed E-state index contributed by atoms with van der Waals surface area (Å²) in [5.74, 6) is 0. The van der Waals surface area contributed by atoms with E-state index < -0.39 is 0 Å². The number of anilines is 6. The molecule has 10 rings (SSSR count). The van der Waals surface area contributed by atoms with E-state index in [2.05, 4.69) is 219 Å². The third kappa shape index (κ3) is 6.37. The van der Waals surface area contributed by atoms with Crippen LogP contribution in [-0.2, 0) is 10.8 Å². The zero-order valence-electron chi connectivity index (χ0n) is 37.6. The van der Waals surface area contributed by atoms with Crippen molar-refractivity contribution in [2.75, 3.05) is 9.80 Å². The minimum absolute atomic E-state index is 0.0140. The largest absolute Gasteiger partial charge is 0.311 e. The summed E-state index contributed by atoms with van der Waals surface area (Å²) in [4.78, 5) is 5.15. The molecule has 2 nitrogen and oxygen atoms in total. The fourth-order valence-corrected chi connectivity index (χ4v) is 11.5. The van der Waals surface area contributed by atoms with Gasteiger partial charge in [-0.2, -0.15) is 0 Å². The normalized spacial score (nSPS) is 13.4. The van der Waals surface area contributed by atoms with Crippen molar-refractivity contribution >= 4 is 78.0 Å². The van der Waals surface area contributed by atoms with Gasteiger partial charge in [0.1, 0.15) is 0 Å². The Labute approximate surface area is 367 Å². The quantitative estimate of drug-likeness (QED) is 0.163. The Hall–Kier alpha value is -5.84. The predicted molar refractivity (Wildman–Crippen MR) is 268 cm³/mol. The molecule has 61 heavy (non-hydrogen) atoms. The van der Waals surface area contributed by atoms with Crippen LogP contribution in [0.25, 0.3) is 32.3 Å². The molecule has 0 unspecified atom stereocenters. The van der Waals surface area contributed by atoms with Crippen molar-refractivity contribution in [2.45, 2.75) is 87.0 Å². The lowest BCUT2D eigenvalue weighted by Crippen LogP contribution is -2.61. The zero-order valence-corrected chi connectivity index (χ0v) is 38.4. The van der Waals surface area contributed by atoms with Gasteiger partial charge in [0.05, 0.1) is 5.00 Å². The number of hydrogen-bond acceptors (Lipinski definition) is 3. The van der Waals surface area contributed by atoms with Crippen LogP contribution >= 0.6 is 11.3 Å². The molecule has 0 bridgehead atoms. The van der Waals surface area contributed by atoms with Gasteiger partial charge in [-0.05, 0) is 177 Å². The van der Waals surface area contributed by atoms with E-state index in [0.717, 1.165) is 0 Å².